The third kappa shape index (κ3) is 6.20. The molecule has 1 rings (SSSR count). The maximum atomic E-state index is 12.2. The van der Waals surface area contributed by atoms with E-state index in [2.05, 4.69) is 10.6 Å². The molecule has 0 aromatic heterocycles. The predicted molar refractivity (Wildman–Crippen MR) is 80.1 cm³/mol. The maximum absolute atomic E-state index is 12.2. The van der Waals surface area contributed by atoms with Gasteiger partial charge >= 0.3 is 0 Å². The first-order valence-corrected chi connectivity index (χ1v) is 7.38. The van der Waals surface area contributed by atoms with Crippen molar-refractivity contribution in [3.8, 4) is 0 Å². The average Bonchev–Trinajstić information content (AvgIpc) is 2.43. The molecule has 0 spiro atoms. The molecule has 0 saturated carbocycles. The molecule has 1 unspecified atom stereocenters. The second kappa shape index (κ2) is 9.09. The number of carbonyl (C=O) groups excluding carboxylic acids is 1. The number of hydrogen-bond donors (Lipinski definition) is 2. The van der Waals surface area contributed by atoms with E-state index in [1.165, 1.54) is 6.42 Å². The fraction of sp³-hybridized carbons (Fsp3) is 0.846. The summed E-state index contributed by atoms with van der Waals surface area (Å²) in [5, 5.41) is 6.65. The van der Waals surface area contributed by atoms with Crippen molar-refractivity contribution < 1.29 is 9.53 Å². The molecule has 0 radical (unpaired) electrons. The lowest BCUT2D eigenvalue weighted by molar-refractivity contribution is -0.133. The second-order valence-corrected chi connectivity index (χ2v) is 5.26. The Morgan fingerprint density at radius 2 is 2.05 bits per heavy atom. The first-order chi connectivity index (χ1) is 9.15. The zero-order valence-electron chi connectivity index (χ0n) is 11.9. The van der Waals surface area contributed by atoms with E-state index < -0.39 is 0 Å². The topological polar surface area (TPSA) is 53.6 Å². The lowest BCUT2D eigenvalue weighted by atomic mass is 10.1. The van der Waals surface area contributed by atoms with E-state index in [0.717, 1.165) is 38.9 Å². The van der Waals surface area contributed by atoms with Gasteiger partial charge in [-0.2, -0.15) is 0 Å². The Hall–Kier alpha value is -0.880. The minimum atomic E-state index is -0.263. The van der Waals surface area contributed by atoms with Crippen molar-refractivity contribution in [2.75, 3.05) is 33.4 Å². The minimum Gasteiger partial charge on any atom is -0.385 e. The number of carbonyl (C=O) groups is 1. The van der Waals surface area contributed by atoms with Crippen LogP contribution in [0.15, 0.2) is 0 Å². The van der Waals surface area contributed by atoms with E-state index in [4.69, 9.17) is 17.0 Å². The summed E-state index contributed by atoms with van der Waals surface area (Å²) in [6, 6.07) is -0.263. The number of ether oxygens (including phenoxy) is 1. The molecule has 110 valence electrons. The highest BCUT2D eigenvalue weighted by Gasteiger charge is 2.22. The Labute approximate surface area is 121 Å². The first kappa shape index (κ1) is 16.2. The van der Waals surface area contributed by atoms with Crippen LogP contribution in [0.2, 0.25) is 0 Å². The third-order valence-corrected chi connectivity index (χ3v) is 3.46. The molecule has 1 fully saturated rings. The van der Waals surface area contributed by atoms with Gasteiger partial charge in [0.1, 0.15) is 6.04 Å². The van der Waals surface area contributed by atoms with Gasteiger partial charge in [-0.1, -0.05) is 0 Å². The molecule has 1 aliphatic heterocycles. The highest BCUT2D eigenvalue weighted by Crippen LogP contribution is 2.09. The summed E-state index contributed by atoms with van der Waals surface area (Å²) >= 11 is 5.17. The Kier molecular flexibility index (Phi) is 7.74. The molecule has 1 amide bonds. The lowest BCUT2D eigenvalue weighted by Crippen LogP contribution is -2.50. The first-order valence-electron chi connectivity index (χ1n) is 6.97. The fourth-order valence-corrected chi connectivity index (χ4v) is 2.39. The Bertz CT molecular complexity index is 294. The molecule has 6 heteroatoms. The van der Waals surface area contributed by atoms with Crippen molar-refractivity contribution in [3.63, 3.8) is 0 Å². The molecule has 0 aliphatic carbocycles. The second-order valence-electron chi connectivity index (χ2n) is 4.85. The lowest BCUT2D eigenvalue weighted by Gasteiger charge is -2.29. The molecule has 0 aromatic rings. The zero-order chi connectivity index (χ0) is 14.1. The molecule has 5 nitrogen and oxygen atoms in total. The number of thiocarbonyl (C=S) groups is 1. The number of hydrogen-bond acceptors (Lipinski definition) is 3. The minimum absolute atomic E-state index is 0.140. The highest BCUT2D eigenvalue weighted by atomic mass is 32.1. The van der Waals surface area contributed by atoms with Gasteiger partial charge in [-0.3, -0.25) is 4.79 Å². The number of rotatable bonds is 6. The summed E-state index contributed by atoms with van der Waals surface area (Å²) in [4.78, 5) is 14.1. The van der Waals surface area contributed by atoms with Gasteiger partial charge in [-0.15, -0.1) is 0 Å². The molecule has 1 atom stereocenters. The van der Waals surface area contributed by atoms with E-state index in [1.54, 1.807) is 7.11 Å². The summed E-state index contributed by atoms with van der Waals surface area (Å²) in [5.41, 5.74) is 0. The monoisotopic (exact) mass is 287 g/mol. The van der Waals surface area contributed by atoms with Crippen molar-refractivity contribution >= 4 is 23.2 Å². The molecule has 1 aliphatic rings. The summed E-state index contributed by atoms with van der Waals surface area (Å²) < 4.78 is 4.96. The smallest absolute Gasteiger partial charge is 0.244 e. The van der Waals surface area contributed by atoms with Crippen molar-refractivity contribution in [1.29, 1.82) is 0 Å². The third-order valence-electron chi connectivity index (χ3n) is 3.20. The molecular formula is C13H25N3O2S. The van der Waals surface area contributed by atoms with Crippen LogP contribution in [0.1, 0.15) is 32.6 Å². The maximum Gasteiger partial charge on any atom is 0.244 e. The summed E-state index contributed by atoms with van der Waals surface area (Å²) in [6.07, 6.45) is 4.34. The van der Waals surface area contributed by atoms with Gasteiger partial charge in [0.05, 0.1) is 0 Å². The Balaban J connectivity index is 2.22. The van der Waals surface area contributed by atoms with Crippen LogP contribution >= 0.6 is 12.2 Å². The van der Waals surface area contributed by atoms with Gasteiger partial charge in [0.25, 0.3) is 0 Å². The van der Waals surface area contributed by atoms with Crippen LogP contribution in [-0.2, 0) is 9.53 Å². The number of methoxy groups -OCH3 is 1. The van der Waals surface area contributed by atoms with Crippen molar-refractivity contribution in [2.45, 2.75) is 38.6 Å². The van der Waals surface area contributed by atoms with Crippen LogP contribution in [0.25, 0.3) is 0 Å². The van der Waals surface area contributed by atoms with Gasteiger partial charge in [0, 0.05) is 33.4 Å². The molecule has 19 heavy (non-hydrogen) atoms. The van der Waals surface area contributed by atoms with Crippen LogP contribution in [0, 0.1) is 0 Å². The van der Waals surface area contributed by atoms with E-state index in [-0.39, 0.29) is 11.9 Å². The number of nitrogens with one attached hydrogen (secondary N) is 2. The summed E-state index contributed by atoms with van der Waals surface area (Å²) in [7, 11) is 1.68. The summed E-state index contributed by atoms with van der Waals surface area (Å²) in [5.74, 6) is 0.140. The number of amides is 1. The van der Waals surface area contributed by atoms with Crippen molar-refractivity contribution in [3.05, 3.63) is 0 Å². The average molecular weight is 287 g/mol. The van der Waals surface area contributed by atoms with Crippen LogP contribution in [0.3, 0.4) is 0 Å². The molecule has 0 bridgehead atoms. The van der Waals surface area contributed by atoms with Crippen LogP contribution in [0.5, 0.6) is 0 Å². The number of nitrogens with zero attached hydrogens (tertiary/aromatic N) is 1. The van der Waals surface area contributed by atoms with Gasteiger partial charge in [-0.05, 0) is 44.8 Å². The summed E-state index contributed by atoms with van der Waals surface area (Å²) in [6.45, 7) is 5.07. The van der Waals surface area contributed by atoms with E-state index in [1.807, 2.05) is 11.8 Å². The van der Waals surface area contributed by atoms with Gasteiger partial charge in [0.15, 0.2) is 5.11 Å². The van der Waals surface area contributed by atoms with Crippen LogP contribution in [0.4, 0.5) is 0 Å². The SMILES string of the molecule is COCCCNC(=S)NC(C)C(=O)N1CCCCC1. The van der Waals surface area contributed by atoms with E-state index >= 15 is 0 Å². The van der Waals surface area contributed by atoms with Gasteiger partial charge in [-0.25, -0.2) is 0 Å². The largest absolute Gasteiger partial charge is 0.385 e. The van der Waals surface area contributed by atoms with Gasteiger partial charge < -0.3 is 20.3 Å². The Morgan fingerprint density at radius 1 is 1.37 bits per heavy atom. The van der Waals surface area contributed by atoms with Crippen LogP contribution in [-0.4, -0.2) is 55.3 Å². The predicted octanol–water partition coefficient (Wildman–Crippen LogP) is 0.888. The molecule has 0 aromatic carbocycles. The number of likely N-dealkylation sites (tertiary alicyclic amines) is 1. The fourth-order valence-electron chi connectivity index (χ4n) is 2.12. The van der Waals surface area contributed by atoms with Crippen molar-refractivity contribution in [1.82, 2.24) is 15.5 Å². The Morgan fingerprint density at radius 3 is 2.68 bits per heavy atom. The highest BCUT2D eigenvalue weighted by molar-refractivity contribution is 7.80. The molecule has 1 heterocycles. The molecule has 1 saturated heterocycles. The van der Waals surface area contributed by atoms with Crippen molar-refractivity contribution in [2.24, 2.45) is 0 Å². The number of piperidine rings is 1. The molecule has 2 N–H and O–H groups in total. The van der Waals surface area contributed by atoms with Crippen LogP contribution < -0.4 is 10.6 Å². The van der Waals surface area contributed by atoms with Gasteiger partial charge in [0.2, 0.25) is 5.91 Å². The van der Waals surface area contributed by atoms with E-state index in [9.17, 15) is 4.79 Å². The quantitative estimate of drug-likeness (QED) is 0.561. The van der Waals surface area contributed by atoms with E-state index in [0.29, 0.717) is 11.7 Å². The normalized spacial score (nSPS) is 16.8. The standard InChI is InChI=1S/C13H25N3O2S/c1-11(12(17)16-8-4-3-5-9-16)15-13(19)14-7-6-10-18-2/h11H,3-10H2,1-2H3,(H2,14,15,19). The molecular weight excluding hydrogens is 262 g/mol. The zero-order valence-corrected chi connectivity index (χ0v) is 12.7.